The Balaban J connectivity index is 1.86. The Kier molecular flexibility index (Phi) is 4.90. The standard InChI is InChI=1S/C19H24N4OS/c1-11(2)17-18(25-13(5)21-17)19(24)20-10-16-22-14-8-6-7-9-15(14)23(16)12(3)4/h6-9,11-12H,10H2,1-5H3,(H,20,24). The van der Waals surface area contributed by atoms with Crippen LogP contribution in [0.4, 0.5) is 0 Å². The second-order valence-corrected chi connectivity index (χ2v) is 7.97. The number of amides is 1. The van der Waals surface area contributed by atoms with Crippen molar-refractivity contribution >= 4 is 28.3 Å². The number of nitrogens with zero attached hydrogens (tertiary/aromatic N) is 3. The molecule has 0 saturated carbocycles. The quantitative estimate of drug-likeness (QED) is 0.735. The van der Waals surface area contributed by atoms with Crippen molar-refractivity contribution in [2.75, 3.05) is 0 Å². The van der Waals surface area contributed by atoms with Crippen molar-refractivity contribution in [3.8, 4) is 0 Å². The van der Waals surface area contributed by atoms with E-state index in [4.69, 9.17) is 4.98 Å². The lowest BCUT2D eigenvalue weighted by Gasteiger charge is -2.13. The molecular weight excluding hydrogens is 332 g/mol. The van der Waals surface area contributed by atoms with Crippen LogP contribution in [-0.2, 0) is 6.54 Å². The summed E-state index contributed by atoms with van der Waals surface area (Å²) in [6, 6.07) is 8.34. The van der Waals surface area contributed by atoms with Gasteiger partial charge in [0.2, 0.25) is 0 Å². The molecule has 0 aliphatic carbocycles. The van der Waals surface area contributed by atoms with Crippen molar-refractivity contribution in [3.05, 3.63) is 45.7 Å². The highest BCUT2D eigenvalue weighted by molar-refractivity contribution is 7.13. The van der Waals surface area contributed by atoms with E-state index in [1.54, 1.807) is 0 Å². The largest absolute Gasteiger partial charge is 0.344 e. The fourth-order valence-electron chi connectivity index (χ4n) is 3.03. The monoisotopic (exact) mass is 356 g/mol. The van der Waals surface area contributed by atoms with E-state index in [1.165, 1.54) is 11.3 Å². The zero-order chi connectivity index (χ0) is 18.1. The first-order valence-electron chi connectivity index (χ1n) is 8.59. The summed E-state index contributed by atoms with van der Waals surface area (Å²) in [5, 5.41) is 3.95. The van der Waals surface area contributed by atoms with Gasteiger partial charge in [0.1, 0.15) is 10.7 Å². The molecule has 0 fully saturated rings. The van der Waals surface area contributed by atoms with Crippen LogP contribution < -0.4 is 5.32 Å². The van der Waals surface area contributed by atoms with Gasteiger partial charge in [-0.25, -0.2) is 9.97 Å². The SMILES string of the molecule is Cc1nc(C(C)C)c(C(=O)NCc2nc3ccccc3n2C(C)C)s1. The molecule has 0 aliphatic rings. The Bertz CT molecular complexity index is 907. The van der Waals surface area contributed by atoms with Crippen molar-refractivity contribution in [1.29, 1.82) is 0 Å². The van der Waals surface area contributed by atoms with Gasteiger partial charge in [-0.05, 0) is 38.8 Å². The average molecular weight is 356 g/mol. The van der Waals surface area contributed by atoms with E-state index >= 15 is 0 Å². The van der Waals surface area contributed by atoms with E-state index in [2.05, 4.69) is 48.6 Å². The van der Waals surface area contributed by atoms with Gasteiger partial charge in [0, 0.05) is 6.04 Å². The number of thiazole rings is 1. The normalized spacial score (nSPS) is 11.6. The Hall–Kier alpha value is -2.21. The zero-order valence-electron chi connectivity index (χ0n) is 15.3. The molecule has 25 heavy (non-hydrogen) atoms. The van der Waals surface area contributed by atoms with Gasteiger partial charge >= 0.3 is 0 Å². The summed E-state index contributed by atoms with van der Waals surface area (Å²) >= 11 is 1.45. The van der Waals surface area contributed by atoms with E-state index in [-0.39, 0.29) is 17.9 Å². The number of rotatable bonds is 5. The summed E-state index contributed by atoms with van der Waals surface area (Å²) < 4.78 is 2.18. The molecule has 0 unspecified atom stereocenters. The summed E-state index contributed by atoms with van der Waals surface area (Å²) in [5.74, 6) is 1.03. The maximum atomic E-state index is 12.7. The maximum absolute atomic E-state index is 12.7. The molecule has 3 aromatic rings. The molecule has 0 spiro atoms. The molecule has 0 bridgehead atoms. The zero-order valence-corrected chi connectivity index (χ0v) is 16.1. The molecule has 1 amide bonds. The van der Waals surface area contributed by atoms with Gasteiger partial charge in [0.25, 0.3) is 5.91 Å². The number of para-hydroxylation sites is 2. The van der Waals surface area contributed by atoms with Crippen molar-refractivity contribution in [3.63, 3.8) is 0 Å². The summed E-state index contributed by atoms with van der Waals surface area (Å²) in [6.45, 7) is 10.7. The molecule has 3 rings (SSSR count). The van der Waals surface area contributed by atoms with Crippen LogP contribution in [0.3, 0.4) is 0 Å². The third-order valence-corrected chi connectivity index (χ3v) is 5.09. The number of carbonyl (C=O) groups is 1. The molecule has 2 heterocycles. The summed E-state index contributed by atoms with van der Waals surface area (Å²) in [6.07, 6.45) is 0. The van der Waals surface area contributed by atoms with Gasteiger partial charge in [-0.15, -0.1) is 11.3 Å². The number of nitrogens with one attached hydrogen (secondary N) is 1. The number of hydrogen-bond acceptors (Lipinski definition) is 4. The Morgan fingerprint density at radius 2 is 1.92 bits per heavy atom. The summed E-state index contributed by atoms with van der Waals surface area (Å²) in [4.78, 5) is 22.6. The first-order valence-corrected chi connectivity index (χ1v) is 9.41. The molecule has 132 valence electrons. The van der Waals surface area contributed by atoms with E-state index in [0.29, 0.717) is 11.4 Å². The Morgan fingerprint density at radius 1 is 1.20 bits per heavy atom. The van der Waals surface area contributed by atoms with Crippen LogP contribution in [-0.4, -0.2) is 20.4 Å². The van der Waals surface area contributed by atoms with Crippen LogP contribution in [0.25, 0.3) is 11.0 Å². The fraction of sp³-hybridized carbons (Fsp3) is 0.421. The van der Waals surface area contributed by atoms with Gasteiger partial charge < -0.3 is 9.88 Å². The topological polar surface area (TPSA) is 59.8 Å². The van der Waals surface area contributed by atoms with Crippen molar-refractivity contribution in [2.24, 2.45) is 0 Å². The molecule has 1 N–H and O–H groups in total. The maximum Gasteiger partial charge on any atom is 0.263 e. The predicted molar refractivity (Wildman–Crippen MR) is 102 cm³/mol. The molecule has 5 nitrogen and oxygen atoms in total. The lowest BCUT2D eigenvalue weighted by molar-refractivity contribution is 0.0952. The smallest absolute Gasteiger partial charge is 0.263 e. The fourth-order valence-corrected chi connectivity index (χ4v) is 4.02. The average Bonchev–Trinajstić information content (AvgIpc) is 3.12. The van der Waals surface area contributed by atoms with Crippen LogP contribution in [0.15, 0.2) is 24.3 Å². The third-order valence-electron chi connectivity index (χ3n) is 4.11. The number of benzene rings is 1. The third kappa shape index (κ3) is 3.44. The number of imidazole rings is 1. The van der Waals surface area contributed by atoms with Crippen LogP contribution in [0.5, 0.6) is 0 Å². The molecular formula is C19H24N4OS. The van der Waals surface area contributed by atoms with E-state index < -0.39 is 0 Å². The second kappa shape index (κ2) is 6.96. The van der Waals surface area contributed by atoms with Crippen molar-refractivity contribution in [2.45, 2.75) is 53.1 Å². The van der Waals surface area contributed by atoms with Crippen LogP contribution in [0.2, 0.25) is 0 Å². The number of hydrogen-bond donors (Lipinski definition) is 1. The predicted octanol–water partition coefficient (Wildman–Crippen LogP) is 4.44. The molecule has 0 saturated heterocycles. The minimum absolute atomic E-state index is 0.0725. The van der Waals surface area contributed by atoms with Gasteiger partial charge in [-0.3, -0.25) is 4.79 Å². The Morgan fingerprint density at radius 3 is 2.60 bits per heavy atom. The van der Waals surface area contributed by atoms with Gasteiger partial charge in [-0.2, -0.15) is 0 Å². The highest BCUT2D eigenvalue weighted by Gasteiger charge is 2.20. The highest BCUT2D eigenvalue weighted by atomic mass is 32.1. The number of fused-ring (bicyclic) bond motifs is 1. The van der Waals surface area contributed by atoms with Crippen molar-refractivity contribution in [1.82, 2.24) is 19.9 Å². The minimum Gasteiger partial charge on any atom is -0.344 e. The molecule has 2 aromatic heterocycles. The summed E-state index contributed by atoms with van der Waals surface area (Å²) in [7, 11) is 0. The number of aryl methyl sites for hydroxylation is 1. The van der Waals surface area contributed by atoms with Crippen LogP contribution >= 0.6 is 11.3 Å². The molecule has 1 aromatic carbocycles. The van der Waals surface area contributed by atoms with E-state index in [0.717, 1.165) is 27.6 Å². The molecule has 0 radical (unpaired) electrons. The Labute approximate surface area is 152 Å². The first kappa shape index (κ1) is 17.6. The van der Waals surface area contributed by atoms with Gasteiger partial charge in [0.05, 0.1) is 28.3 Å². The number of carbonyl (C=O) groups excluding carboxylic acids is 1. The lowest BCUT2D eigenvalue weighted by atomic mass is 10.1. The van der Waals surface area contributed by atoms with E-state index in [9.17, 15) is 4.79 Å². The first-order chi connectivity index (χ1) is 11.9. The molecule has 0 atom stereocenters. The minimum atomic E-state index is -0.0725. The van der Waals surface area contributed by atoms with Crippen LogP contribution in [0, 0.1) is 6.92 Å². The lowest BCUT2D eigenvalue weighted by Crippen LogP contribution is -2.25. The highest BCUT2D eigenvalue weighted by Crippen LogP contribution is 2.25. The molecule has 0 aliphatic heterocycles. The van der Waals surface area contributed by atoms with Gasteiger partial charge in [0.15, 0.2) is 0 Å². The van der Waals surface area contributed by atoms with Crippen LogP contribution in [0.1, 0.15) is 65.9 Å². The molecule has 6 heteroatoms. The van der Waals surface area contributed by atoms with Gasteiger partial charge in [-0.1, -0.05) is 26.0 Å². The second-order valence-electron chi connectivity index (χ2n) is 6.77. The van der Waals surface area contributed by atoms with E-state index in [1.807, 2.05) is 25.1 Å². The van der Waals surface area contributed by atoms with Crippen molar-refractivity contribution < 1.29 is 4.79 Å². The number of aromatic nitrogens is 3. The summed E-state index contributed by atoms with van der Waals surface area (Å²) in [5.41, 5.74) is 2.92.